The van der Waals surface area contributed by atoms with Crippen LogP contribution in [0.1, 0.15) is 4.88 Å². The highest BCUT2D eigenvalue weighted by atomic mass is 32.1. The summed E-state index contributed by atoms with van der Waals surface area (Å²) in [6, 6.07) is 8.01. The van der Waals surface area contributed by atoms with E-state index < -0.39 is 0 Å². The van der Waals surface area contributed by atoms with Crippen molar-refractivity contribution in [2.75, 3.05) is 5.73 Å². The van der Waals surface area contributed by atoms with Crippen LogP contribution in [0, 0.1) is 0 Å². The molecule has 0 aliphatic rings. The van der Waals surface area contributed by atoms with Crippen LogP contribution in [-0.2, 0) is 6.54 Å². The Morgan fingerprint density at radius 2 is 2.22 bits per heavy atom. The zero-order chi connectivity index (χ0) is 12.4. The Bertz CT molecular complexity index is 643. The molecule has 3 rings (SSSR count). The molecule has 5 heteroatoms. The van der Waals surface area contributed by atoms with Crippen molar-refractivity contribution in [1.29, 1.82) is 0 Å². The molecule has 0 atom stereocenters. The molecule has 3 aromatic heterocycles. The number of hydrogen-bond acceptors (Lipinski definition) is 4. The summed E-state index contributed by atoms with van der Waals surface area (Å²) in [6.07, 6.45) is 5.33. The first kappa shape index (κ1) is 11.0. The maximum absolute atomic E-state index is 5.90. The summed E-state index contributed by atoms with van der Waals surface area (Å²) in [5.41, 5.74) is 7.82. The van der Waals surface area contributed by atoms with Gasteiger partial charge in [-0.25, -0.2) is 9.97 Å². The third-order valence-corrected chi connectivity index (χ3v) is 3.59. The number of nitrogens with two attached hydrogens (primary N) is 1. The molecule has 18 heavy (non-hydrogen) atoms. The second-order valence-electron chi connectivity index (χ2n) is 3.92. The third-order valence-electron chi connectivity index (χ3n) is 2.73. The maximum atomic E-state index is 5.90. The van der Waals surface area contributed by atoms with Crippen molar-refractivity contribution >= 4 is 17.2 Å². The van der Waals surface area contributed by atoms with Gasteiger partial charge >= 0.3 is 0 Å². The summed E-state index contributed by atoms with van der Waals surface area (Å²) in [7, 11) is 0. The highest BCUT2D eigenvalue weighted by molar-refractivity contribution is 7.09. The fraction of sp³-hybridized carbons (Fsp3) is 0.0769. The van der Waals surface area contributed by atoms with Gasteiger partial charge in [0.2, 0.25) is 0 Å². The number of anilines is 1. The van der Waals surface area contributed by atoms with E-state index in [9.17, 15) is 0 Å². The predicted octanol–water partition coefficient (Wildman–Crippen LogP) is 2.64. The molecule has 0 aliphatic carbocycles. The van der Waals surface area contributed by atoms with Crippen LogP contribution >= 0.6 is 11.3 Å². The molecule has 4 nitrogen and oxygen atoms in total. The van der Waals surface area contributed by atoms with Gasteiger partial charge in [0.05, 0.1) is 24.8 Å². The van der Waals surface area contributed by atoms with Gasteiger partial charge in [0, 0.05) is 16.6 Å². The monoisotopic (exact) mass is 256 g/mol. The molecular formula is C13H12N4S. The van der Waals surface area contributed by atoms with E-state index >= 15 is 0 Å². The van der Waals surface area contributed by atoms with Gasteiger partial charge in [0.25, 0.3) is 0 Å². The normalized spacial score (nSPS) is 10.7. The number of rotatable bonds is 3. The molecule has 0 bridgehead atoms. The summed E-state index contributed by atoms with van der Waals surface area (Å²) in [6.45, 7) is 0.807. The molecule has 0 spiro atoms. The van der Waals surface area contributed by atoms with Crippen molar-refractivity contribution in [3.8, 4) is 11.3 Å². The van der Waals surface area contributed by atoms with Crippen LogP contribution in [0.3, 0.4) is 0 Å². The van der Waals surface area contributed by atoms with Gasteiger partial charge in [0.1, 0.15) is 5.82 Å². The van der Waals surface area contributed by atoms with Gasteiger partial charge in [-0.2, -0.15) is 0 Å². The van der Waals surface area contributed by atoms with Crippen molar-refractivity contribution in [2.24, 2.45) is 0 Å². The first-order valence-corrected chi connectivity index (χ1v) is 6.46. The summed E-state index contributed by atoms with van der Waals surface area (Å²) in [4.78, 5) is 9.61. The van der Waals surface area contributed by atoms with Crippen molar-refractivity contribution in [3.05, 3.63) is 53.2 Å². The quantitative estimate of drug-likeness (QED) is 0.783. The van der Waals surface area contributed by atoms with E-state index in [-0.39, 0.29) is 0 Å². The van der Waals surface area contributed by atoms with Gasteiger partial charge in [-0.05, 0) is 23.6 Å². The van der Waals surface area contributed by atoms with E-state index in [0.29, 0.717) is 5.82 Å². The smallest absolute Gasteiger partial charge is 0.132 e. The van der Waals surface area contributed by atoms with E-state index in [4.69, 9.17) is 5.73 Å². The van der Waals surface area contributed by atoms with Gasteiger partial charge in [0.15, 0.2) is 0 Å². The average Bonchev–Trinajstić information content (AvgIpc) is 3.02. The minimum Gasteiger partial charge on any atom is -0.383 e. The Morgan fingerprint density at radius 1 is 1.28 bits per heavy atom. The second-order valence-corrected chi connectivity index (χ2v) is 4.95. The van der Waals surface area contributed by atoms with Crippen LogP contribution in [0.5, 0.6) is 0 Å². The zero-order valence-electron chi connectivity index (χ0n) is 9.65. The summed E-state index contributed by atoms with van der Waals surface area (Å²) >= 11 is 1.73. The number of hydrogen-bond donors (Lipinski definition) is 1. The largest absolute Gasteiger partial charge is 0.383 e. The van der Waals surface area contributed by atoms with Crippen molar-refractivity contribution < 1.29 is 0 Å². The molecule has 3 heterocycles. The molecule has 0 saturated heterocycles. The number of nitrogen functional groups attached to an aromatic ring is 1. The third kappa shape index (κ3) is 2.00. The van der Waals surface area contributed by atoms with E-state index in [1.165, 1.54) is 4.88 Å². The SMILES string of the molecule is Nc1ncccc1-c1cncn1Cc1cccs1. The van der Waals surface area contributed by atoms with Crippen LogP contribution in [0.4, 0.5) is 5.82 Å². The predicted molar refractivity (Wildman–Crippen MR) is 73.3 cm³/mol. The Morgan fingerprint density at radius 3 is 3.00 bits per heavy atom. The summed E-state index contributed by atoms with van der Waals surface area (Å²) in [5.74, 6) is 0.533. The van der Waals surface area contributed by atoms with Crippen LogP contribution in [0.25, 0.3) is 11.3 Å². The number of imidazole rings is 1. The summed E-state index contributed by atoms with van der Waals surface area (Å²) < 4.78 is 2.08. The first-order valence-electron chi connectivity index (χ1n) is 5.58. The minimum atomic E-state index is 0.533. The molecule has 0 unspecified atom stereocenters. The molecule has 0 aromatic carbocycles. The molecule has 0 amide bonds. The Kier molecular flexibility index (Phi) is 2.82. The van der Waals surface area contributed by atoms with E-state index in [2.05, 4.69) is 32.0 Å². The Labute approximate surface area is 109 Å². The summed E-state index contributed by atoms with van der Waals surface area (Å²) in [5, 5.41) is 2.07. The number of aromatic nitrogens is 3. The van der Waals surface area contributed by atoms with E-state index in [1.807, 2.05) is 24.7 Å². The lowest BCUT2D eigenvalue weighted by Gasteiger charge is -2.08. The Hall–Kier alpha value is -2.14. The van der Waals surface area contributed by atoms with Crippen LogP contribution < -0.4 is 5.73 Å². The fourth-order valence-corrected chi connectivity index (χ4v) is 2.58. The topological polar surface area (TPSA) is 56.7 Å². The van der Waals surface area contributed by atoms with Gasteiger partial charge in [-0.15, -0.1) is 11.3 Å². The van der Waals surface area contributed by atoms with Gasteiger partial charge < -0.3 is 10.3 Å². The standard InChI is InChI=1S/C13H12N4S/c14-13-11(4-1-5-16-13)12-7-15-9-17(12)8-10-3-2-6-18-10/h1-7,9H,8H2,(H2,14,16). The zero-order valence-corrected chi connectivity index (χ0v) is 10.5. The number of pyridine rings is 1. The number of thiophene rings is 1. The van der Waals surface area contributed by atoms with Gasteiger partial charge in [-0.1, -0.05) is 6.07 Å². The van der Waals surface area contributed by atoms with Crippen molar-refractivity contribution in [3.63, 3.8) is 0 Å². The first-order chi connectivity index (χ1) is 8.84. The average molecular weight is 256 g/mol. The molecular weight excluding hydrogens is 244 g/mol. The highest BCUT2D eigenvalue weighted by Crippen LogP contribution is 2.24. The van der Waals surface area contributed by atoms with Crippen LogP contribution in [0.2, 0.25) is 0 Å². The van der Waals surface area contributed by atoms with E-state index in [1.54, 1.807) is 17.5 Å². The van der Waals surface area contributed by atoms with Crippen LogP contribution in [0.15, 0.2) is 48.4 Å². The van der Waals surface area contributed by atoms with Crippen molar-refractivity contribution in [2.45, 2.75) is 6.54 Å². The van der Waals surface area contributed by atoms with Crippen LogP contribution in [-0.4, -0.2) is 14.5 Å². The second kappa shape index (κ2) is 4.62. The maximum Gasteiger partial charge on any atom is 0.132 e. The molecule has 3 aromatic rings. The lowest BCUT2D eigenvalue weighted by molar-refractivity contribution is 0.817. The molecule has 2 N–H and O–H groups in total. The van der Waals surface area contributed by atoms with E-state index in [0.717, 1.165) is 17.8 Å². The molecule has 0 fully saturated rings. The fourth-order valence-electron chi connectivity index (χ4n) is 1.88. The highest BCUT2D eigenvalue weighted by Gasteiger charge is 2.09. The number of nitrogens with zero attached hydrogens (tertiary/aromatic N) is 3. The lowest BCUT2D eigenvalue weighted by atomic mass is 10.2. The molecule has 90 valence electrons. The lowest BCUT2D eigenvalue weighted by Crippen LogP contribution is -2.01. The Balaban J connectivity index is 1.99. The molecule has 0 aliphatic heterocycles. The molecule has 0 radical (unpaired) electrons. The molecule has 0 saturated carbocycles. The van der Waals surface area contributed by atoms with Gasteiger partial charge in [-0.3, -0.25) is 0 Å². The minimum absolute atomic E-state index is 0.533. The van der Waals surface area contributed by atoms with Crippen molar-refractivity contribution in [1.82, 2.24) is 14.5 Å².